The van der Waals surface area contributed by atoms with Gasteiger partial charge in [-0.05, 0) is 54.3 Å². The average molecular weight is 426 g/mol. The van der Waals surface area contributed by atoms with E-state index < -0.39 is 0 Å². The van der Waals surface area contributed by atoms with E-state index >= 15 is 0 Å². The summed E-state index contributed by atoms with van der Waals surface area (Å²) in [4.78, 5) is 12.0. The molecule has 0 saturated carbocycles. The number of hydrogen-bond acceptors (Lipinski definition) is 3. The fourth-order valence-corrected chi connectivity index (χ4v) is 3.44. The minimum Gasteiger partial charge on any atom is -0.337 e. The smallest absolute Gasteiger partial charge is 0.156 e. The van der Waals surface area contributed by atoms with E-state index in [2.05, 4.69) is 33.7 Å². The second-order valence-corrected chi connectivity index (χ2v) is 7.44. The van der Waals surface area contributed by atoms with Crippen molar-refractivity contribution in [2.24, 2.45) is 0 Å². The standard InChI is InChI=1S/C18H15FN4.C8H9N/c1-2-11-10-20-23-16(11)18-21-15-8-4-7-14(17(15)22-18)12-5-3-6-13(19)9-12;1-7(2)8-4-3-5-9-6-8/h3-10H,2H2,1H3,(H,20,23)(H,21,22);3-6H,1H2,2H3. The number of aromatic nitrogens is 5. The number of halogens is 1. The number of allylic oxidation sites excluding steroid dienone is 1. The van der Waals surface area contributed by atoms with Crippen LogP contribution in [0.3, 0.4) is 0 Å². The Balaban J connectivity index is 0.000000230. The monoisotopic (exact) mass is 425 g/mol. The first-order chi connectivity index (χ1) is 15.6. The van der Waals surface area contributed by atoms with E-state index in [1.54, 1.807) is 12.3 Å². The summed E-state index contributed by atoms with van der Waals surface area (Å²) >= 11 is 0. The van der Waals surface area contributed by atoms with Crippen LogP contribution in [0, 0.1) is 5.82 Å². The maximum absolute atomic E-state index is 13.5. The molecule has 2 N–H and O–H groups in total. The van der Waals surface area contributed by atoms with Crippen LogP contribution in [0.25, 0.3) is 39.3 Å². The molecule has 5 nitrogen and oxygen atoms in total. The van der Waals surface area contributed by atoms with Crippen molar-refractivity contribution in [2.45, 2.75) is 20.3 Å². The van der Waals surface area contributed by atoms with Crippen LogP contribution in [0.5, 0.6) is 0 Å². The van der Waals surface area contributed by atoms with Gasteiger partial charge in [0.2, 0.25) is 0 Å². The predicted octanol–water partition coefficient (Wildman–Crippen LogP) is 6.44. The average Bonchev–Trinajstić information content (AvgIpc) is 3.46. The van der Waals surface area contributed by atoms with Crippen molar-refractivity contribution >= 4 is 16.6 Å². The van der Waals surface area contributed by atoms with Gasteiger partial charge in [0.1, 0.15) is 11.5 Å². The highest BCUT2D eigenvalue weighted by Crippen LogP contribution is 2.30. The normalized spacial score (nSPS) is 10.6. The molecule has 0 spiro atoms. The van der Waals surface area contributed by atoms with Gasteiger partial charge in [0, 0.05) is 23.5 Å². The van der Waals surface area contributed by atoms with E-state index in [1.165, 1.54) is 12.1 Å². The maximum Gasteiger partial charge on any atom is 0.156 e. The van der Waals surface area contributed by atoms with E-state index in [0.29, 0.717) is 0 Å². The van der Waals surface area contributed by atoms with E-state index in [-0.39, 0.29) is 5.82 Å². The van der Waals surface area contributed by atoms with Crippen molar-refractivity contribution in [2.75, 3.05) is 0 Å². The first-order valence-electron chi connectivity index (χ1n) is 10.4. The summed E-state index contributed by atoms with van der Waals surface area (Å²) < 4.78 is 13.5. The van der Waals surface area contributed by atoms with Gasteiger partial charge >= 0.3 is 0 Å². The van der Waals surface area contributed by atoms with Crippen molar-refractivity contribution < 1.29 is 4.39 Å². The van der Waals surface area contributed by atoms with Crippen molar-refractivity contribution in [3.63, 3.8) is 0 Å². The van der Waals surface area contributed by atoms with E-state index in [0.717, 1.165) is 56.8 Å². The molecule has 160 valence electrons. The number of rotatable bonds is 4. The second-order valence-electron chi connectivity index (χ2n) is 7.44. The van der Waals surface area contributed by atoms with Crippen LogP contribution in [0.4, 0.5) is 4.39 Å². The van der Waals surface area contributed by atoms with Gasteiger partial charge in [-0.3, -0.25) is 10.1 Å². The lowest BCUT2D eigenvalue weighted by Crippen LogP contribution is -1.86. The number of benzene rings is 2. The minimum absolute atomic E-state index is 0.253. The third-order valence-electron chi connectivity index (χ3n) is 5.14. The molecule has 2 aromatic carbocycles. The lowest BCUT2D eigenvalue weighted by Gasteiger charge is -2.02. The minimum atomic E-state index is -0.253. The van der Waals surface area contributed by atoms with Crippen molar-refractivity contribution in [1.29, 1.82) is 0 Å². The molecular formula is C26H24FN5. The van der Waals surface area contributed by atoms with Gasteiger partial charge in [-0.25, -0.2) is 9.37 Å². The highest BCUT2D eigenvalue weighted by atomic mass is 19.1. The Labute approximate surface area is 186 Å². The zero-order valence-electron chi connectivity index (χ0n) is 18.1. The molecule has 0 aliphatic rings. The fourth-order valence-electron chi connectivity index (χ4n) is 3.44. The zero-order valence-corrected chi connectivity index (χ0v) is 18.1. The fraction of sp³-hybridized carbons (Fsp3) is 0.115. The molecule has 32 heavy (non-hydrogen) atoms. The molecule has 5 rings (SSSR count). The van der Waals surface area contributed by atoms with Crippen LogP contribution < -0.4 is 0 Å². The number of H-pyrrole nitrogens is 2. The van der Waals surface area contributed by atoms with Gasteiger partial charge in [-0.2, -0.15) is 5.10 Å². The molecule has 0 bridgehead atoms. The van der Waals surface area contributed by atoms with Gasteiger partial charge in [-0.1, -0.05) is 43.8 Å². The number of aromatic amines is 2. The Kier molecular flexibility index (Phi) is 6.22. The topological polar surface area (TPSA) is 70.2 Å². The molecule has 5 aromatic rings. The van der Waals surface area contributed by atoms with Crippen LogP contribution in [0.2, 0.25) is 0 Å². The largest absolute Gasteiger partial charge is 0.337 e. The highest BCUT2D eigenvalue weighted by Gasteiger charge is 2.14. The van der Waals surface area contributed by atoms with Crippen LogP contribution >= 0.6 is 0 Å². The lowest BCUT2D eigenvalue weighted by atomic mass is 10.0. The number of pyridine rings is 1. The van der Waals surface area contributed by atoms with Crippen molar-refractivity contribution in [3.8, 4) is 22.6 Å². The van der Waals surface area contributed by atoms with E-state index in [1.807, 2.05) is 55.7 Å². The van der Waals surface area contributed by atoms with Crippen LogP contribution in [0.1, 0.15) is 25.0 Å². The van der Waals surface area contributed by atoms with Crippen molar-refractivity contribution in [1.82, 2.24) is 25.1 Å². The van der Waals surface area contributed by atoms with E-state index in [4.69, 9.17) is 4.98 Å². The summed E-state index contributed by atoms with van der Waals surface area (Å²) in [5, 5.41) is 7.10. The van der Waals surface area contributed by atoms with Gasteiger partial charge < -0.3 is 4.98 Å². The molecule has 0 unspecified atom stereocenters. The Morgan fingerprint density at radius 3 is 2.59 bits per heavy atom. The first-order valence-corrected chi connectivity index (χ1v) is 10.4. The number of para-hydroxylation sites is 1. The van der Waals surface area contributed by atoms with Crippen molar-refractivity contribution in [3.05, 3.63) is 96.7 Å². The SMILES string of the molecule is C=C(C)c1cccnc1.CCc1cn[nH]c1-c1nc2c(-c3cccc(F)c3)cccc2[nH]1. The summed E-state index contributed by atoms with van der Waals surface area (Å²) in [6.07, 6.45) is 6.25. The Bertz CT molecular complexity index is 1350. The number of nitrogens with zero attached hydrogens (tertiary/aromatic N) is 3. The maximum atomic E-state index is 13.5. The summed E-state index contributed by atoms with van der Waals surface area (Å²) in [5.41, 5.74) is 7.63. The summed E-state index contributed by atoms with van der Waals surface area (Å²) in [6, 6.07) is 16.3. The molecule has 0 amide bonds. The molecule has 0 aliphatic carbocycles. The number of hydrogen-bond donors (Lipinski definition) is 2. The van der Waals surface area contributed by atoms with Crippen LogP contribution in [0.15, 0.2) is 79.8 Å². The summed E-state index contributed by atoms with van der Waals surface area (Å²) in [7, 11) is 0. The number of fused-ring (bicyclic) bond motifs is 1. The molecule has 0 atom stereocenters. The molecule has 0 saturated heterocycles. The molecule has 3 aromatic heterocycles. The number of aryl methyl sites for hydroxylation is 1. The summed E-state index contributed by atoms with van der Waals surface area (Å²) in [6.45, 7) is 7.83. The lowest BCUT2D eigenvalue weighted by molar-refractivity contribution is 0.628. The number of nitrogens with one attached hydrogen (secondary N) is 2. The Morgan fingerprint density at radius 2 is 1.91 bits per heavy atom. The molecular weight excluding hydrogens is 401 g/mol. The van der Waals surface area contributed by atoms with Crippen LogP contribution in [-0.2, 0) is 6.42 Å². The molecule has 3 heterocycles. The van der Waals surface area contributed by atoms with Crippen LogP contribution in [-0.4, -0.2) is 25.1 Å². The first kappa shape index (κ1) is 21.2. The molecule has 6 heteroatoms. The van der Waals surface area contributed by atoms with Gasteiger partial charge in [0.25, 0.3) is 0 Å². The van der Waals surface area contributed by atoms with Gasteiger partial charge in [-0.15, -0.1) is 0 Å². The highest BCUT2D eigenvalue weighted by molar-refractivity contribution is 5.93. The third-order valence-corrected chi connectivity index (χ3v) is 5.14. The summed E-state index contributed by atoms with van der Waals surface area (Å²) in [5.74, 6) is 0.496. The zero-order chi connectivity index (χ0) is 22.5. The third kappa shape index (κ3) is 4.49. The predicted molar refractivity (Wildman–Crippen MR) is 127 cm³/mol. The quantitative estimate of drug-likeness (QED) is 0.348. The van der Waals surface area contributed by atoms with Gasteiger partial charge in [0.15, 0.2) is 5.82 Å². The van der Waals surface area contributed by atoms with Gasteiger partial charge in [0.05, 0.1) is 17.2 Å². The molecule has 0 fully saturated rings. The Morgan fingerprint density at radius 1 is 1.06 bits per heavy atom. The second kappa shape index (κ2) is 9.39. The molecule has 0 radical (unpaired) electrons. The Hall–Kier alpha value is -4.06. The van der Waals surface area contributed by atoms with E-state index in [9.17, 15) is 4.39 Å². The molecule has 0 aliphatic heterocycles. The number of imidazole rings is 1.